The van der Waals surface area contributed by atoms with E-state index in [9.17, 15) is 4.79 Å². The molecule has 0 aromatic carbocycles. The molecule has 0 aromatic heterocycles. The van der Waals surface area contributed by atoms with E-state index < -0.39 is 5.92 Å². The van der Waals surface area contributed by atoms with Crippen molar-refractivity contribution in [1.29, 1.82) is 5.26 Å². The standard InChI is InChI=1S/C16H28N2O/c1-5-7-13(12-17)15(19)18-10-6-8-14(9-11-18)16(2,3)4/h13-14H,5-11H2,1-4H3. The summed E-state index contributed by atoms with van der Waals surface area (Å²) in [6.07, 6.45) is 4.91. The molecule has 108 valence electrons. The smallest absolute Gasteiger partial charge is 0.239 e. The van der Waals surface area contributed by atoms with Gasteiger partial charge in [-0.15, -0.1) is 0 Å². The van der Waals surface area contributed by atoms with Crippen LogP contribution in [0.2, 0.25) is 0 Å². The molecule has 1 aliphatic rings. The van der Waals surface area contributed by atoms with Gasteiger partial charge in [0.15, 0.2) is 0 Å². The average Bonchev–Trinajstić information content (AvgIpc) is 2.60. The molecule has 1 amide bonds. The molecule has 1 heterocycles. The molecule has 2 atom stereocenters. The number of hydrogen-bond donors (Lipinski definition) is 0. The molecular weight excluding hydrogens is 236 g/mol. The summed E-state index contributed by atoms with van der Waals surface area (Å²) in [6.45, 7) is 10.5. The van der Waals surface area contributed by atoms with Crippen LogP contribution in [0.1, 0.15) is 59.8 Å². The summed E-state index contributed by atoms with van der Waals surface area (Å²) in [6, 6.07) is 2.17. The van der Waals surface area contributed by atoms with E-state index in [1.807, 2.05) is 11.8 Å². The Labute approximate surface area is 118 Å². The van der Waals surface area contributed by atoms with Gasteiger partial charge in [-0.1, -0.05) is 34.1 Å². The summed E-state index contributed by atoms with van der Waals surface area (Å²) in [5.41, 5.74) is 0.317. The molecule has 0 saturated carbocycles. The molecule has 2 unspecified atom stereocenters. The van der Waals surface area contributed by atoms with Gasteiger partial charge in [-0.2, -0.15) is 5.26 Å². The number of amides is 1. The van der Waals surface area contributed by atoms with Crippen molar-refractivity contribution in [1.82, 2.24) is 4.90 Å². The van der Waals surface area contributed by atoms with Crippen LogP contribution >= 0.6 is 0 Å². The second-order valence-corrected chi connectivity index (χ2v) is 6.79. The molecule has 0 aliphatic carbocycles. The molecule has 1 fully saturated rings. The third kappa shape index (κ3) is 4.53. The van der Waals surface area contributed by atoms with Crippen molar-refractivity contribution in [2.75, 3.05) is 13.1 Å². The maximum absolute atomic E-state index is 12.3. The van der Waals surface area contributed by atoms with E-state index in [1.54, 1.807) is 0 Å². The minimum absolute atomic E-state index is 0.0545. The fraction of sp³-hybridized carbons (Fsp3) is 0.875. The maximum Gasteiger partial charge on any atom is 0.239 e. The predicted octanol–water partition coefficient (Wildman–Crippen LogP) is 3.60. The molecule has 0 N–H and O–H groups in total. The summed E-state index contributed by atoms with van der Waals surface area (Å²) in [4.78, 5) is 14.3. The van der Waals surface area contributed by atoms with Crippen LogP contribution in [-0.2, 0) is 4.79 Å². The average molecular weight is 264 g/mol. The Kier molecular flexibility index (Phi) is 5.85. The number of nitrogens with zero attached hydrogens (tertiary/aromatic N) is 2. The summed E-state index contributed by atoms with van der Waals surface area (Å²) < 4.78 is 0. The van der Waals surface area contributed by atoms with E-state index in [2.05, 4.69) is 26.8 Å². The van der Waals surface area contributed by atoms with Crippen molar-refractivity contribution in [2.24, 2.45) is 17.3 Å². The topological polar surface area (TPSA) is 44.1 Å². The van der Waals surface area contributed by atoms with Crippen molar-refractivity contribution in [3.63, 3.8) is 0 Å². The number of likely N-dealkylation sites (tertiary alicyclic amines) is 1. The molecule has 0 aromatic rings. The third-order valence-corrected chi connectivity index (χ3v) is 4.30. The zero-order chi connectivity index (χ0) is 14.5. The number of rotatable bonds is 3. The highest BCUT2D eigenvalue weighted by Crippen LogP contribution is 2.34. The van der Waals surface area contributed by atoms with Crippen molar-refractivity contribution < 1.29 is 4.79 Å². The molecule has 3 nitrogen and oxygen atoms in total. The Bertz CT molecular complexity index is 338. The Morgan fingerprint density at radius 2 is 2.05 bits per heavy atom. The van der Waals surface area contributed by atoms with Gasteiger partial charge in [0.25, 0.3) is 0 Å². The fourth-order valence-corrected chi connectivity index (χ4v) is 2.94. The second kappa shape index (κ2) is 6.93. The summed E-state index contributed by atoms with van der Waals surface area (Å²) in [7, 11) is 0. The van der Waals surface area contributed by atoms with Gasteiger partial charge >= 0.3 is 0 Å². The van der Waals surface area contributed by atoms with Gasteiger partial charge in [0.05, 0.1) is 6.07 Å². The van der Waals surface area contributed by atoms with E-state index in [4.69, 9.17) is 5.26 Å². The van der Waals surface area contributed by atoms with E-state index >= 15 is 0 Å². The van der Waals surface area contributed by atoms with Crippen LogP contribution in [0.25, 0.3) is 0 Å². The Morgan fingerprint density at radius 3 is 2.58 bits per heavy atom. The highest BCUT2D eigenvalue weighted by atomic mass is 16.2. The van der Waals surface area contributed by atoms with Crippen LogP contribution in [0.4, 0.5) is 0 Å². The first-order chi connectivity index (χ1) is 8.90. The Hall–Kier alpha value is -1.04. The highest BCUT2D eigenvalue weighted by molar-refractivity contribution is 5.81. The van der Waals surface area contributed by atoms with E-state index in [0.29, 0.717) is 17.8 Å². The zero-order valence-corrected chi connectivity index (χ0v) is 12.9. The first-order valence-electron chi connectivity index (χ1n) is 7.58. The van der Waals surface area contributed by atoms with E-state index in [0.717, 1.165) is 32.4 Å². The van der Waals surface area contributed by atoms with Crippen LogP contribution in [0.5, 0.6) is 0 Å². The predicted molar refractivity (Wildman–Crippen MR) is 77.4 cm³/mol. The number of nitriles is 1. The largest absolute Gasteiger partial charge is 0.342 e. The normalized spacial score (nSPS) is 22.5. The first kappa shape index (κ1) is 16.0. The molecular formula is C16H28N2O. The number of carbonyl (C=O) groups excluding carboxylic acids is 1. The molecule has 19 heavy (non-hydrogen) atoms. The summed E-state index contributed by atoms with van der Waals surface area (Å²) in [5.74, 6) is 0.298. The zero-order valence-electron chi connectivity index (χ0n) is 12.9. The van der Waals surface area contributed by atoms with Gasteiger partial charge in [0, 0.05) is 13.1 Å². The van der Waals surface area contributed by atoms with Gasteiger partial charge < -0.3 is 4.90 Å². The number of carbonyl (C=O) groups is 1. The van der Waals surface area contributed by atoms with Crippen molar-refractivity contribution in [3.8, 4) is 6.07 Å². The lowest BCUT2D eigenvalue weighted by molar-refractivity contribution is -0.134. The molecule has 3 heteroatoms. The van der Waals surface area contributed by atoms with Crippen molar-refractivity contribution >= 4 is 5.91 Å². The van der Waals surface area contributed by atoms with Gasteiger partial charge in [-0.05, 0) is 37.0 Å². The van der Waals surface area contributed by atoms with E-state index in [1.165, 1.54) is 6.42 Å². The van der Waals surface area contributed by atoms with Crippen LogP contribution < -0.4 is 0 Å². The van der Waals surface area contributed by atoms with Crippen molar-refractivity contribution in [2.45, 2.75) is 59.8 Å². The molecule has 0 radical (unpaired) electrons. The molecule has 1 aliphatic heterocycles. The second-order valence-electron chi connectivity index (χ2n) is 6.79. The minimum Gasteiger partial charge on any atom is -0.342 e. The first-order valence-corrected chi connectivity index (χ1v) is 7.58. The van der Waals surface area contributed by atoms with Gasteiger partial charge in [0.2, 0.25) is 5.91 Å². The van der Waals surface area contributed by atoms with Crippen LogP contribution in [0.15, 0.2) is 0 Å². The highest BCUT2D eigenvalue weighted by Gasteiger charge is 2.30. The lowest BCUT2D eigenvalue weighted by Crippen LogP contribution is -2.36. The Morgan fingerprint density at radius 1 is 1.37 bits per heavy atom. The maximum atomic E-state index is 12.3. The monoisotopic (exact) mass is 264 g/mol. The van der Waals surface area contributed by atoms with Crippen LogP contribution in [0, 0.1) is 28.6 Å². The van der Waals surface area contributed by atoms with E-state index in [-0.39, 0.29) is 5.91 Å². The quantitative estimate of drug-likeness (QED) is 0.781. The van der Waals surface area contributed by atoms with Crippen molar-refractivity contribution in [3.05, 3.63) is 0 Å². The minimum atomic E-state index is -0.434. The molecule has 1 rings (SSSR count). The van der Waals surface area contributed by atoms with Gasteiger partial charge in [0.1, 0.15) is 5.92 Å². The molecule has 0 spiro atoms. The van der Waals surface area contributed by atoms with Crippen LogP contribution in [-0.4, -0.2) is 23.9 Å². The van der Waals surface area contributed by atoms with Gasteiger partial charge in [-0.25, -0.2) is 0 Å². The molecule has 0 bridgehead atoms. The lowest BCUT2D eigenvalue weighted by atomic mass is 9.77. The SMILES string of the molecule is CCCC(C#N)C(=O)N1CCCC(C(C)(C)C)CC1. The van der Waals surface area contributed by atoms with Gasteiger partial charge in [-0.3, -0.25) is 4.79 Å². The fourth-order valence-electron chi connectivity index (χ4n) is 2.94. The third-order valence-electron chi connectivity index (χ3n) is 4.30. The summed E-state index contributed by atoms with van der Waals surface area (Å²) in [5, 5.41) is 9.11. The molecule has 1 saturated heterocycles. The number of hydrogen-bond acceptors (Lipinski definition) is 2. The lowest BCUT2D eigenvalue weighted by Gasteiger charge is -2.30. The Balaban J connectivity index is 2.62. The summed E-state index contributed by atoms with van der Waals surface area (Å²) >= 11 is 0. The van der Waals surface area contributed by atoms with Crippen LogP contribution in [0.3, 0.4) is 0 Å².